The maximum absolute atomic E-state index is 13.2. The van der Waals surface area contributed by atoms with Crippen LogP contribution in [0.15, 0.2) is 36.4 Å². The first-order valence-electron chi connectivity index (χ1n) is 7.31. The van der Waals surface area contributed by atoms with Crippen LogP contribution in [0.2, 0.25) is 0 Å². The topological polar surface area (TPSA) is 38.3 Å². The molecule has 0 radical (unpaired) electrons. The van der Waals surface area contributed by atoms with Gasteiger partial charge in [-0.2, -0.15) is 0 Å². The summed E-state index contributed by atoms with van der Waals surface area (Å²) < 4.78 is 31.6. The molecule has 0 aliphatic heterocycles. The molecule has 1 amide bonds. The normalized spacial score (nSPS) is 11.9. The van der Waals surface area contributed by atoms with Gasteiger partial charge in [-0.1, -0.05) is 12.1 Å². The Balaban J connectivity index is 1.90. The number of hydrogen-bond acceptors (Lipinski definition) is 2. The minimum absolute atomic E-state index is 0.142. The van der Waals surface area contributed by atoms with Gasteiger partial charge in [-0.15, -0.1) is 0 Å². The van der Waals surface area contributed by atoms with Crippen LogP contribution in [0.5, 0.6) is 5.75 Å². The predicted octanol–water partition coefficient (Wildman–Crippen LogP) is 3.84. The van der Waals surface area contributed by atoms with E-state index in [0.717, 1.165) is 23.3 Å². The number of hydrogen-bond donors (Lipinski definition) is 1. The summed E-state index contributed by atoms with van der Waals surface area (Å²) in [7, 11) is 0. The van der Waals surface area contributed by atoms with Crippen molar-refractivity contribution in [2.24, 2.45) is 0 Å². The fourth-order valence-corrected chi connectivity index (χ4v) is 2.10. The number of benzene rings is 2. The van der Waals surface area contributed by atoms with E-state index in [2.05, 4.69) is 5.32 Å². The molecular weight excluding hydrogens is 300 g/mol. The molecular formula is C18H19F2NO2. The minimum atomic E-state index is -0.935. The molecule has 2 aromatic rings. The van der Waals surface area contributed by atoms with Gasteiger partial charge in [-0.05, 0) is 61.7 Å². The lowest BCUT2D eigenvalue weighted by atomic mass is 10.1. The minimum Gasteiger partial charge on any atom is -0.484 e. The summed E-state index contributed by atoms with van der Waals surface area (Å²) in [6, 6.07) is 8.69. The summed E-state index contributed by atoms with van der Waals surface area (Å²) in [5.74, 6) is -1.57. The lowest BCUT2D eigenvalue weighted by Gasteiger charge is -2.15. The van der Waals surface area contributed by atoms with E-state index in [1.165, 1.54) is 6.07 Å². The molecule has 5 heteroatoms. The molecule has 1 unspecified atom stereocenters. The van der Waals surface area contributed by atoms with Gasteiger partial charge in [0, 0.05) is 0 Å². The maximum Gasteiger partial charge on any atom is 0.258 e. The van der Waals surface area contributed by atoms with Crippen LogP contribution in [-0.4, -0.2) is 12.5 Å². The van der Waals surface area contributed by atoms with Crippen molar-refractivity contribution in [2.75, 3.05) is 6.61 Å². The van der Waals surface area contributed by atoms with Gasteiger partial charge >= 0.3 is 0 Å². The maximum atomic E-state index is 13.2. The van der Waals surface area contributed by atoms with Crippen molar-refractivity contribution in [1.29, 1.82) is 0 Å². The summed E-state index contributed by atoms with van der Waals surface area (Å²) in [6.07, 6.45) is 0. The van der Waals surface area contributed by atoms with Crippen molar-refractivity contribution in [1.82, 2.24) is 5.32 Å². The number of ether oxygens (including phenoxy) is 1. The summed E-state index contributed by atoms with van der Waals surface area (Å²) in [5, 5.41) is 2.69. The fourth-order valence-electron chi connectivity index (χ4n) is 2.10. The molecule has 0 saturated carbocycles. The van der Waals surface area contributed by atoms with Crippen LogP contribution in [0.1, 0.15) is 29.7 Å². The van der Waals surface area contributed by atoms with Crippen LogP contribution >= 0.6 is 0 Å². The molecule has 2 aromatic carbocycles. The van der Waals surface area contributed by atoms with E-state index in [1.807, 2.05) is 26.0 Å². The largest absolute Gasteiger partial charge is 0.484 e. The highest BCUT2D eigenvalue weighted by Gasteiger charge is 2.12. The first-order chi connectivity index (χ1) is 10.9. The zero-order valence-electron chi connectivity index (χ0n) is 13.3. The summed E-state index contributed by atoms with van der Waals surface area (Å²) in [5.41, 5.74) is 2.72. The number of aryl methyl sites for hydroxylation is 2. The first kappa shape index (κ1) is 16.9. The molecule has 0 bridgehead atoms. The molecule has 0 aliphatic rings. The predicted molar refractivity (Wildman–Crippen MR) is 84.3 cm³/mol. The number of amides is 1. The Bertz CT molecular complexity index is 716. The van der Waals surface area contributed by atoms with E-state index in [4.69, 9.17) is 4.74 Å². The molecule has 0 aromatic heterocycles. The van der Waals surface area contributed by atoms with Crippen LogP contribution in [-0.2, 0) is 4.79 Å². The standard InChI is InChI=1S/C18H19F2NO2/c1-11-4-6-15(8-12(11)2)23-10-18(22)21-13(3)14-5-7-16(19)17(20)9-14/h4-9,13H,10H2,1-3H3,(H,21,22). The van der Waals surface area contributed by atoms with Crippen molar-refractivity contribution in [3.05, 3.63) is 64.7 Å². The Hall–Kier alpha value is -2.43. The lowest BCUT2D eigenvalue weighted by molar-refractivity contribution is -0.123. The first-order valence-corrected chi connectivity index (χ1v) is 7.31. The number of halogens is 2. The zero-order valence-corrected chi connectivity index (χ0v) is 13.3. The van der Waals surface area contributed by atoms with Gasteiger partial charge in [0.05, 0.1) is 6.04 Å². The molecule has 1 N–H and O–H groups in total. The average Bonchev–Trinajstić information content (AvgIpc) is 2.51. The lowest BCUT2D eigenvalue weighted by Crippen LogP contribution is -2.31. The Morgan fingerprint density at radius 2 is 1.83 bits per heavy atom. The Morgan fingerprint density at radius 3 is 2.48 bits per heavy atom. The second kappa shape index (κ2) is 7.22. The molecule has 0 aliphatic carbocycles. The third-order valence-electron chi connectivity index (χ3n) is 3.67. The van der Waals surface area contributed by atoms with Crippen molar-refractivity contribution in [3.8, 4) is 5.75 Å². The Kier molecular flexibility index (Phi) is 5.32. The van der Waals surface area contributed by atoms with Gasteiger partial charge in [0.1, 0.15) is 5.75 Å². The molecule has 0 fully saturated rings. The van der Waals surface area contributed by atoms with Crippen molar-refractivity contribution in [3.63, 3.8) is 0 Å². The summed E-state index contributed by atoms with van der Waals surface area (Å²) in [4.78, 5) is 11.9. The van der Waals surface area contributed by atoms with E-state index in [-0.39, 0.29) is 12.5 Å². The van der Waals surface area contributed by atoms with E-state index in [1.54, 1.807) is 13.0 Å². The molecule has 3 nitrogen and oxygen atoms in total. The third-order valence-corrected chi connectivity index (χ3v) is 3.67. The average molecular weight is 319 g/mol. The van der Waals surface area contributed by atoms with Gasteiger partial charge < -0.3 is 10.1 Å². The molecule has 2 rings (SSSR count). The second-order valence-electron chi connectivity index (χ2n) is 5.50. The van der Waals surface area contributed by atoms with Crippen LogP contribution < -0.4 is 10.1 Å². The molecule has 122 valence electrons. The molecule has 0 saturated heterocycles. The highest BCUT2D eigenvalue weighted by molar-refractivity contribution is 5.78. The monoisotopic (exact) mass is 319 g/mol. The number of nitrogens with one attached hydrogen (secondary N) is 1. The van der Waals surface area contributed by atoms with Gasteiger partial charge in [0.25, 0.3) is 5.91 Å². The van der Waals surface area contributed by atoms with Gasteiger partial charge in [-0.25, -0.2) is 8.78 Å². The van der Waals surface area contributed by atoms with Crippen molar-refractivity contribution in [2.45, 2.75) is 26.8 Å². The quantitative estimate of drug-likeness (QED) is 0.909. The number of carbonyl (C=O) groups is 1. The van der Waals surface area contributed by atoms with E-state index >= 15 is 0 Å². The van der Waals surface area contributed by atoms with Crippen LogP contribution in [0, 0.1) is 25.5 Å². The van der Waals surface area contributed by atoms with Crippen molar-refractivity contribution < 1.29 is 18.3 Å². The van der Waals surface area contributed by atoms with E-state index in [0.29, 0.717) is 11.3 Å². The fraction of sp³-hybridized carbons (Fsp3) is 0.278. The Labute approximate surface area is 134 Å². The van der Waals surface area contributed by atoms with E-state index in [9.17, 15) is 13.6 Å². The second-order valence-corrected chi connectivity index (χ2v) is 5.50. The number of rotatable bonds is 5. The van der Waals surface area contributed by atoms with E-state index < -0.39 is 17.7 Å². The van der Waals surface area contributed by atoms with Crippen LogP contribution in [0.4, 0.5) is 8.78 Å². The van der Waals surface area contributed by atoms with Gasteiger partial charge in [-0.3, -0.25) is 4.79 Å². The summed E-state index contributed by atoms with van der Waals surface area (Å²) >= 11 is 0. The molecule has 0 heterocycles. The highest BCUT2D eigenvalue weighted by Crippen LogP contribution is 2.17. The zero-order chi connectivity index (χ0) is 17.0. The Morgan fingerprint density at radius 1 is 1.09 bits per heavy atom. The van der Waals surface area contributed by atoms with Crippen LogP contribution in [0.25, 0.3) is 0 Å². The SMILES string of the molecule is Cc1ccc(OCC(=O)NC(C)c2ccc(F)c(F)c2)cc1C. The van der Waals surface area contributed by atoms with Gasteiger partial charge in [0.15, 0.2) is 18.2 Å². The molecule has 1 atom stereocenters. The smallest absolute Gasteiger partial charge is 0.258 e. The molecule has 0 spiro atoms. The third kappa shape index (κ3) is 4.52. The number of carbonyl (C=O) groups excluding carboxylic acids is 1. The highest BCUT2D eigenvalue weighted by atomic mass is 19.2. The van der Waals surface area contributed by atoms with Crippen LogP contribution in [0.3, 0.4) is 0 Å². The van der Waals surface area contributed by atoms with Crippen molar-refractivity contribution >= 4 is 5.91 Å². The van der Waals surface area contributed by atoms with Gasteiger partial charge in [0.2, 0.25) is 0 Å². The molecule has 23 heavy (non-hydrogen) atoms. The summed E-state index contributed by atoms with van der Waals surface area (Å²) in [6.45, 7) is 5.51.